The lowest BCUT2D eigenvalue weighted by Gasteiger charge is -2.09. The number of nitrogens with one attached hydrogen (secondary N) is 1. The largest absolute Gasteiger partial charge is 0.489 e. The first-order valence-corrected chi connectivity index (χ1v) is 8.97. The Balaban J connectivity index is 1.54. The highest BCUT2D eigenvalue weighted by molar-refractivity contribution is 6.30. The third kappa shape index (κ3) is 5.59. The summed E-state index contributed by atoms with van der Waals surface area (Å²) in [7, 11) is 0. The van der Waals surface area contributed by atoms with Crippen LogP contribution in [0.15, 0.2) is 72.8 Å². The summed E-state index contributed by atoms with van der Waals surface area (Å²) in [4.78, 5) is 23.0. The number of ether oxygens (including phenoxy) is 1. The van der Waals surface area contributed by atoms with Crippen molar-refractivity contribution < 1.29 is 19.4 Å². The summed E-state index contributed by atoms with van der Waals surface area (Å²) < 4.78 is 5.72. The second kappa shape index (κ2) is 9.06. The van der Waals surface area contributed by atoms with E-state index in [1.165, 1.54) is 0 Å². The van der Waals surface area contributed by atoms with Crippen molar-refractivity contribution in [1.82, 2.24) is 0 Å². The van der Waals surface area contributed by atoms with Crippen LogP contribution in [-0.2, 0) is 17.8 Å². The molecule has 0 fully saturated rings. The molecule has 0 radical (unpaired) electrons. The highest BCUT2D eigenvalue weighted by Gasteiger charge is 2.07. The molecule has 1 amide bonds. The predicted octanol–water partition coefficient (Wildman–Crippen LogP) is 4.80. The highest BCUT2D eigenvalue weighted by atomic mass is 35.5. The summed E-state index contributed by atoms with van der Waals surface area (Å²) in [6.07, 6.45) is 0.000679. The van der Waals surface area contributed by atoms with E-state index in [0.29, 0.717) is 28.6 Å². The van der Waals surface area contributed by atoms with Crippen molar-refractivity contribution in [2.75, 3.05) is 5.32 Å². The van der Waals surface area contributed by atoms with Gasteiger partial charge in [-0.2, -0.15) is 0 Å². The van der Waals surface area contributed by atoms with Gasteiger partial charge in [-0.3, -0.25) is 9.59 Å². The Bertz CT molecular complexity index is 951. The molecule has 3 aromatic carbocycles. The number of rotatable bonds is 7. The Labute approximate surface area is 167 Å². The molecule has 2 N–H and O–H groups in total. The van der Waals surface area contributed by atoms with Crippen molar-refractivity contribution in [2.45, 2.75) is 13.0 Å². The molecule has 142 valence electrons. The summed E-state index contributed by atoms with van der Waals surface area (Å²) in [6.45, 7) is 0.351. The molecule has 28 heavy (non-hydrogen) atoms. The second-order valence-corrected chi connectivity index (χ2v) is 6.60. The van der Waals surface area contributed by atoms with Gasteiger partial charge in [-0.25, -0.2) is 0 Å². The minimum absolute atomic E-state index is 0.000679. The van der Waals surface area contributed by atoms with Crippen LogP contribution in [0.3, 0.4) is 0 Å². The maximum atomic E-state index is 12.3. The molecule has 0 aliphatic heterocycles. The number of hydrogen-bond acceptors (Lipinski definition) is 3. The lowest BCUT2D eigenvalue weighted by atomic mass is 10.1. The fourth-order valence-electron chi connectivity index (χ4n) is 2.53. The summed E-state index contributed by atoms with van der Waals surface area (Å²) in [5.74, 6) is -0.440. The van der Waals surface area contributed by atoms with E-state index in [-0.39, 0.29) is 12.3 Å². The third-order valence-electron chi connectivity index (χ3n) is 4.00. The topological polar surface area (TPSA) is 75.6 Å². The normalized spacial score (nSPS) is 10.3. The van der Waals surface area contributed by atoms with Gasteiger partial charge < -0.3 is 15.2 Å². The molecule has 0 heterocycles. The van der Waals surface area contributed by atoms with Crippen molar-refractivity contribution >= 4 is 29.2 Å². The van der Waals surface area contributed by atoms with E-state index in [1.54, 1.807) is 60.7 Å². The molecular weight excluding hydrogens is 378 g/mol. The molecule has 3 aromatic rings. The van der Waals surface area contributed by atoms with E-state index in [1.807, 2.05) is 12.1 Å². The van der Waals surface area contributed by atoms with Crippen LogP contribution in [0.4, 0.5) is 5.69 Å². The summed E-state index contributed by atoms with van der Waals surface area (Å²) in [5, 5.41) is 12.2. The zero-order valence-corrected chi connectivity index (χ0v) is 15.6. The van der Waals surface area contributed by atoms with Gasteiger partial charge in [-0.05, 0) is 59.7 Å². The van der Waals surface area contributed by atoms with Crippen LogP contribution in [0.2, 0.25) is 5.02 Å². The number of carboxylic acid groups (broad SMARTS) is 1. The lowest BCUT2D eigenvalue weighted by Crippen LogP contribution is -2.11. The molecule has 0 aliphatic carbocycles. The summed E-state index contributed by atoms with van der Waals surface area (Å²) in [5.41, 5.74) is 2.85. The first-order chi connectivity index (χ1) is 13.5. The van der Waals surface area contributed by atoms with Crippen LogP contribution >= 0.6 is 11.6 Å². The molecule has 0 saturated carbocycles. The van der Waals surface area contributed by atoms with E-state index < -0.39 is 5.97 Å². The lowest BCUT2D eigenvalue weighted by molar-refractivity contribution is -0.136. The van der Waals surface area contributed by atoms with Gasteiger partial charge >= 0.3 is 5.97 Å². The number of benzene rings is 3. The average Bonchev–Trinajstić information content (AvgIpc) is 2.69. The van der Waals surface area contributed by atoms with Crippen LogP contribution in [-0.4, -0.2) is 17.0 Å². The molecule has 3 rings (SSSR count). The Morgan fingerprint density at radius 1 is 0.857 bits per heavy atom. The Kier molecular flexibility index (Phi) is 6.29. The number of aliphatic carboxylic acids is 1. The van der Waals surface area contributed by atoms with Gasteiger partial charge in [-0.15, -0.1) is 0 Å². The molecule has 0 saturated heterocycles. The molecule has 0 atom stereocenters. The molecule has 5 nitrogen and oxygen atoms in total. The number of carbonyl (C=O) groups excluding carboxylic acids is 1. The number of carbonyl (C=O) groups is 2. The van der Waals surface area contributed by atoms with E-state index in [4.69, 9.17) is 21.4 Å². The van der Waals surface area contributed by atoms with Crippen LogP contribution in [0, 0.1) is 0 Å². The van der Waals surface area contributed by atoms with Crippen LogP contribution in [0.1, 0.15) is 21.5 Å². The quantitative estimate of drug-likeness (QED) is 0.602. The Hall–Kier alpha value is -3.31. The maximum Gasteiger partial charge on any atom is 0.307 e. The Morgan fingerprint density at radius 2 is 1.46 bits per heavy atom. The van der Waals surface area contributed by atoms with Crippen LogP contribution < -0.4 is 10.1 Å². The minimum atomic E-state index is -0.857. The van der Waals surface area contributed by atoms with Gasteiger partial charge in [-0.1, -0.05) is 35.9 Å². The van der Waals surface area contributed by atoms with Gasteiger partial charge in [0.25, 0.3) is 5.91 Å². The fourth-order valence-corrected chi connectivity index (χ4v) is 2.66. The molecule has 0 spiro atoms. The maximum absolute atomic E-state index is 12.3. The molecule has 0 bridgehead atoms. The molecule has 0 unspecified atom stereocenters. The van der Waals surface area contributed by atoms with E-state index in [0.717, 1.165) is 11.1 Å². The standard InChI is InChI=1S/C22H18ClNO4/c23-18-7-9-19(10-8-18)24-22(27)17-5-11-20(12-6-17)28-14-16-3-1-15(2-4-16)13-21(25)26/h1-12H,13-14H2,(H,24,27)(H,25,26). The first-order valence-electron chi connectivity index (χ1n) is 8.59. The SMILES string of the molecule is O=C(O)Cc1ccc(COc2ccc(C(=O)Nc3ccc(Cl)cc3)cc2)cc1. The fraction of sp³-hybridized carbons (Fsp3) is 0.0909. The van der Waals surface area contributed by atoms with E-state index in [9.17, 15) is 9.59 Å². The highest BCUT2D eigenvalue weighted by Crippen LogP contribution is 2.17. The van der Waals surface area contributed by atoms with Crippen molar-refractivity contribution in [3.05, 3.63) is 94.5 Å². The van der Waals surface area contributed by atoms with Gasteiger partial charge in [0, 0.05) is 16.3 Å². The summed E-state index contributed by atoms with van der Waals surface area (Å²) >= 11 is 5.83. The van der Waals surface area contributed by atoms with Gasteiger partial charge in [0.2, 0.25) is 0 Å². The Morgan fingerprint density at radius 3 is 2.07 bits per heavy atom. The monoisotopic (exact) mass is 395 g/mol. The smallest absolute Gasteiger partial charge is 0.307 e. The van der Waals surface area contributed by atoms with Crippen LogP contribution in [0.25, 0.3) is 0 Å². The number of halogens is 1. The third-order valence-corrected chi connectivity index (χ3v) is 4.25. The van der Waals surface area contributed by atoms with Crippen molar-refractivity contribution in [3.63, 3.8) is 0 Å². The number of amides is 1. The van der Waals surface area contributed by atoms with Crippen molar-refractivity contribution in [1.29, 1.82) is 0 Å². The number of anilines is 1. The van der Waals surface area contributed by atoms with Crippen LogP contribution in [0.5, 0.6) is 5.75 Å². The van der Waals surface area contributed by atoms with E-state index in [2.05, 4.69) is 5.32 Å². The number of hydrogen-bond donors (Lipinski definition) is 2. The first kappa shape index (κ1) is 19.5. The molecule has 0 aliphatic rings. The second-order valence-electron chi connectivity index (χ2n) is 6.16. The molecule has 0 aromatic heterocycles. The average molecular weight is 396 g/mol. The number of carboxylic acids is 1. The predicted molar refractivity (Wildman–Crippen MR) is 108 cm³/mol. The zero-order chi connectivity index (χ0) is 19.9. The van der Waals surface area contributed by atoms with E-state index >= 15 is 0 Å². The summed E-state index contributed by atoms with van der Waals surface area (Å²) in [6, 6.07) is 21.0. The molecular formula is C22H18ClNO4. The minimum Gasteiger partial charge on any atom is -0.489 e. The van der Waals surface area contributed by atoms with Gasteiger partial charge in [0.1, 0.15) is 12.4 Å². The van der Waals surface area contributed by atoms with Gasteiger partial charge in [0.15, 0.2) is 0 Å². The molecule has 6 heteroatoms. The van der Waals surface area contributed by atoms with Gasteiger partial charge in [0.05, 0.1) is 6.42 Å². The van der Waals surface area contributed by atoms with Crippen molar-refractivity contribution in [3.8, 4) is 5.75 Å². The van der Waals surface area contributed by atoms with Crippen molar-refractivity contribution in [2.24, 2.45) is 0 Å². The zero-order valence-electron chi connectivity index (χ0n) is 14.9.